The van der Waals surface area contributed by atoms with Gasteiger partial charge in [-0.1, -0.05) is 83.5 Å². The Balaban J connectivity index is 2.06. The zero-order valence-corrected chi connectivity index (χ0v) is 19.0. The molecule has 0 spiro atoms. The number of ketones is 1. The number of Topliss-reactive ketones (excluding diaryl/α,β-unsaturated/α-hetero) is 1. The Bertz CT molecular complexity index is 858. The van der Waals surface area contributed by atoms with Crippen molar-refractivity contribution in [2.45, 2.75) is 67.2 Å². The molecular weight excluding hydrogens is 360 g/mol. The molecule has 0 N–H and O–H groups in total. The maximum absolute atomic E-state index is 13.0. The molecule has 158 valence electrons. The van der Waals surface area contributed by atoms with E-state index in [1.807, 2.05) is 26.8 Å². The van der Waals surface area contributed by atoms with E-state index in [1.165, 1.54) is 10.9 Å². The Morgan fingerprint density at radius 1 is 0.966 bits per heavy atom. The summed E-state index contributed by atoms with van der Waals surface area (Å²) in [5, 5.41) is 2.31. The lowest BCUT2D eigenvalue weighted by molar-refractivity contribution is -0.152. The minimum Gasteiger partial charge on any atom is -0.465 e. The normalized spacial score (nSPS) is 14.1. The number of hydrogen-bond donors (Lipinski definition) is 0. The molecule has 2 atom stereocenters. The van der Waals surface area contributed by atoms with E-state index in [4.69, 9.17) is 4.74 Å². The lowest BCUT2D eigenvalue weighted by Gasteiger charge is -2.22. The standard InChI is InChI=1S/C26H36O3/c1-17(2)23(25(28)29-13-12-26(5,6)7)16-24(27)19(4)20-10-11-21-14-18(3)8-9-22(21)15-20/h8-11,14-15,17,19,23H,12-13,16H2,1-7H3/t19-,23-/m0/s1. The van der Waals surface area contributed by atoms with E-state index in [-0.39, 0.29) is 35.4 Å². The van der Waals surface area contributed by atoms with Crippen molar-refractivity contribution in [1.29, 1.82) is 0 Å². The van der Waals surface area contributed by atoms with Gasteiger partial charge < -0.3 is 4.74 Å². The third-order valence-electron chi connectivity index (χ3n) is 5.63. The molecular formula is C26H36O3. The predicted octanol–water partition coefficient (Wildman–Crippen LogP) is 6.46. The van der Waals surface area contributed by atoms with Crippen LogP contribution < -0.4 is 0 Å². The van der Waals surface area contributed by atoms with Gasteiger partial charge in [-0.25, -0.2) is 0 Å². The number of fused-ring (bicyclic) bond motifs is 1. The zero-order chi connectivity index (χ0) is 21.8. The van der Waals surface area contributed by atoms with E-state index in [9.17, 15) is 9.59 Å². The molecule has 0 aliphatic heterocycles. The minimum absolute atomic E-state index is 0.0628. The van der Waals surface area contributed by atoms with Crippen molar-refractivity contribution >= 4 is 22.5 Å². The van der Waals surface area contributed by atoms with E-state index in [2.05, 4.69) is 58.0 Å². The molecule has 0 heterocycles. The van der Waals surface area contributed by atoms with Gasteiger partial charge in [-0.2, -0.15) is 0 Å². The summed E-state index contributed by atoms with van der Waals surface area (Å²) < 4.78 is 5.51. The molecule has 0 saturated carbocycles. The molecule has 0 aromatic heterocycles. The molecule has 0 unspecified atom stereocenters. The van der Waals surface area contributed by atoms with Crippen LogP contribution >= 0.6 is 0 Å². The van der Waals surface area contributed by atoms with E-state index in [0.29, 0.717) is 6.61 Å². The Morgan fingerprint density at radius 2 is 1.59 bits per heavy atom. The maximum atomic E-state index is 13.0. The Morgan fingerprint density at radius 3 is 2.21 bits per heavy atom. The number of rotatable bonds is 8. The van der Waals surface area contributed by atoms with Gasteiger partial charge in [0.2, 0.25) is 0 Å². The second kappa shape index (κ2) is 9.56. The number of hydrogen-bond acceptors (Lipinski definition) is 3. The minimum atomic E-state index is -0.395. The molecule has 0 aliphatic carbocycles. The van der Waals surface area contributed by atoms with Gasteiger partial charge in [-0.05, 0) is 41.0 Å². The quantitative estimate of drug-likeness (QED) is 0.481. The summed E-state index contributed by atoms with van der Waals surface area (Å²) in [7, 11) is 0. The lowest BCUT2D eigenvalue weighted by atomic mass is 9.85. The van der Waals surface area contributed by atoms with Crippen LogP contribution in [0.25, 0.3) is 10.8 Å². The number of benzene rings is 2. The second-order valence-electron chi connectivity index (χ2n) is 9.83. The highest BCUT2D eigenvalue weighted by Gasteiger charge is 2.29. The predicted molar refractivity (Wildman–Crippen MR) is 120 cm³/mol. The van der Waals surface area contributed by atoms with E-state index >= 15 is 0 Å². The molecule has 3 heteroatoms. The molecule has 2 aromatic rings. The SMILES string of the molecule is Cc1ccc2cc([C@H](C)C(=O)C[C@H](C(=O)OCCC(C)(C)C)C(C)C)ccc2c1. The van der Waals surface area contributed by atoms with Gasteiger partial charge in [0.15, 0.2) is 0 Å². The van der Waals surface area contributed by atoms with Crippen LogP contribution in [0.5, 0.6) is 0 Å². The Kier molecular flexibility index (Phi) is 7.62. The molecule has 0 bridgehead atoms. The number of carbonyl (C=O) groups is 2. The molecule has 29 heavy (non-hydrogen) atoms. The van der Waals surface area contributed by atoms with Crippen LogP contribution in [0.3, 0.4) is 0 Å². The van der Waals surface area contributed by atoms with Gasteiger partial charge in [-0.15, -0.1) is 0 Å². The van der Waals surface area contributed by atoms with Gasteiger partial charge in [-0.3, -0.25) is 9.59 Å². The molecule has 2 aromatic carbocycles. The second-order valence-corrected chi connectivity index (χ2v) is 9.83. The molecule has 0 fully saturated rings. The van der Waals surface area contributed by atoms with E-state index < -0.39 is 5.92 Å². The number of esters is 1. The highest BCUT2D eigenvalue weighted by atomic mass is 16.5. The Labute approximate surface area is 175 Å². The Hall–Kier alpha value is -2.16. The summed E-state index contributed by atoms with van der Waals surface area (Å²) in [5.74, 6) is -0.744. The van der Waals surface area contributed by atoms with E-state index in [1.54, 1.807) is 0 Å². The average molecular weight is 397 g/mol. The molecule has 0 saturated heterocycles. The van der Waals surface area contributed by atoms with Crippen LogP contribution in [0.4, 0.5) is 0 Å². The van der Waals surface area contributed by atoms with Gasteiger partial charge >= 0.3 is 5.97 Å². The summed E-state index contributed by atoms with van der Waals surface area (Å²) in [6.07, 6.45) is 1.03. The molecule has 2 rings (SSSR count). The van der Waals surface area contributed by atoms with Crippen LogP contribution in [-0.4, -0.2) is 18.4 Å². The van der Waals surface area contributed by atoms with Crippen LogP contribution in [0.1, 0.15) is 71.4 Å². The van der Waals surface area contributed by atoms with E-state index in [0.717, 1.165) is 17.4 Å². The van der Waals surface area contributed by atoms with Crippen molar-refractivity contribution in [3.8, 4) is 0 Å². The summed E-state index contributed by atoms with van der Waals surface area (Å²) in [4.78, 5) is 25.6. The van der Waals surface area contributed by atoms with Gasteiger partial charge in [0, 0.05) is 12.3 Å². The lowest BCUT2D eigenvalue weighted by Crippen LogP contribution is -2.28. The van der Waals surface area contributed by atoms with Crippen LogP contribution in [0.15, 0.2) is 36.4 Å². The summed E-state index contributed by atoms with van der Waals surface area (Å²) in [6.45, 7) is 14.7. The van der Waals surface area contributed by atoms with Crippen molar-refractivity contribution in [3.63, 3.8) is 0 Å². The first-order valence-corrected chi connectivity index (χ1v) is 10.7. The topological polar surface area (TPSA) is 43.4 Å². The highest BCUT2D eigenvalue weighted by molar-refractivity contribution is 5.91. The number of aryl methyl sites for hydroxylation is 1. The third kappa shape index (κ3) is 6.69. The highest BCUT2D eigenvalue weighted by Crippen LogP contribution is 2.27. The van der Waals surface area contributed by atoms with Gasteiger partial charge in [0.05, 0.1) is 12.5 Å². The monoisotopic (exact) mass is 396 g/mol. The fraction of sp³-hybridized carbons (Fsp3) is 0.538. The first-order valence-electron chi connectivity index (χ1n) is 10.7. The summed E-state index contributed by atoms with van der Waals surface area (Å²) in [5.41, 5.74) is 2.33. The first-order chi connectivity index (χ1) is 13.5. The van der Waals surface area contributed by atoms with Gasteiger partial charge in [0.25, 0.3) is 0 Å². The van der Waals surface area contributed by atoms with Crippen molar-refractivity contribution in [2.24, 2.45) is 17.3 Å². The number of ether oxygens (including phenoxy) is 1. The smallest absolute Gasteiger partial charge is 0.309 e. The molecule has 0 radical (unpaired) electrons. The van der Waals surface area contributed by atoms with Crippen LogP contribution in [0.2, 0.25) is 0 Å². The average Bonchev–Trinajstić information content (AvgIpc) is 2.63. The first kappa shape index (κ1) is 23.1. The van der Waals surface area contributed by atoms with Gasteiger partial charge in [0.1, 0.15) is 5.78 Å². The molecule has 0 aliphatic rings. The number of carbonyl (C=O) groups excluding carboxylic acids is 2. The molecule has 3 nitrogen and oxygen atoms in total. The fourth-order valence-electron chi connectivity index (χ4n) is 3.39. The largest absolute Gasteiger partial charge is 0.465 e. The van der Waals surface area contributed by atoms with Crippen molar-refractivity contribution < 1.29 is 14.3 Å². The summed E-state index contributed by atoms with van der Waals surface area (Å²) >= 11 is 0. The van der Waals surface area contributed by atoms with Crippen molar-refractivity contribution in [3.05, 3.63) is 47.5 Å². The third-order valence-corrected chi connectivity index (χ3v) is 5.63. The van der Waals surface area contributed by atoms with Crippen LogP contribution in [-0.2, 0) is 14.3 Å². The summed E-state index contributed by atoms with van der Waals surface area (Å²) in [6, 6.07) is 12.5. The van der Waals surface area contributed by atoms with Crippen LogP contribution in [0, 0.1) is 24.2 Å². The van der Waals surface area contributed by atoms with Crippen molar-refractivity contribution in [1.82, 2.24) is 0 Å². The maximum Gasteiger partial charge on any atom is 0.309 e. The van der Waals surface area contributed by atoms with Crippen molar-refractivity contribution in [2.75, 3.05) is 6.61 Å². The molecule has 0 amide bonds. The zero-order valence-electron chi connectivity index (χ0n) is 19.0. The fourth-order valence-corrected chi connectivity index (χ4v) is 3.39.